The number of carbonyl (C=O) groups excluding carboxylic acids is 2. The van der Waals surface area contributed by atoms with Gasteiger partial charge in [-0.1, -0.05) is 147 Å². The highest BCUT2D eigenvalue weighted by Gasteiger charge is 2.42. The van der Waals surface area contributed by atoms with Crippen molar-refractivity contribution in [1.29, 1.82) is 0 Å². The Hall–Kier alpha value is -2.35. The molecule has 1 aromatic carbocycles. The van der Waals surface area contributed by atoms with Gasteiger partial charge in [-0.2, -0.15) is 0 Å². The van der Waals surface area contributed by atoms with Crippen LogP contribution in [0.5, 0.6) is 5.75 Å². The van der Waals surface area contributed by atoms with Crippen molar-refractivity contribution in [2.75, 3.05) is 19.8 Å². The van der Waals surface area contributed by atoms with Crippen molar-refractivity contribution in [3.05, 3.63) is 54.1 Å². The summed E-state index contributed by atoms with van der Waals surface area (Å²) in [6.45, 7) is 5.08. The highest BCUT2D eigenvalue weighted by molar-refractivity contribution is 6.21. The first-order valence-electron chi connectivity index (χ1n) is 23.2. The zero-order valence-corrected chi connectivity index (χ0v) is 36.6. The van der Waals surface area contributed by atoms with E-state index in [2.05, 4.69) is 32.1 Å². The Morgan fingerprint density at radius 3 is 2.07 bits per heavy atom. The number of esters is 2. The fraction of sp³-hybridized carbons (Fsp3) is 0.755. The molecule has 2 saturated carbocycles. The van der Waals surface area contributed by atoms with Crippen LogP contribution in [0, 0.1) is 17.3 Å². The van der Waals surface area contributed by atoms with Gasteiger partial charge in [-0.3, -0.25) is 4.79 Å². The van der Waals surface area contributed by atoms with Crippen LogP contribution in [0.3, 0.4) is 0 Å². The van der Waals surface area contributed by atoms with Crippen LogP contribution in [-0.2, 0) is 14.3 Å². The maximum Gasteiger partial charge on any atom is 0.338 e. The van der Waals surface area contributed by atoms with Gasteiger partial charge in [0, 0.05) is 17.7 Å². The Morgan fingerprint density at radius 2 is 1.46 bits per heavy atom. The van der Waals surface area contributed by atoms with Crippen LogP contribution in [0.1, 0.15) is 191 Å². The smallest absolute Gasteiger partial charge is 0.338 e. The maximum atomic E-state index is 12.6. The molecule has 0 bridgehead atoms. The van der Waals surface area contributed by atoms with E-state index in [0.717, 1.165) is 44.9 Å². The number of halogens is 1. The van der Waals surface area contributed by atoms with Crippen molar-refractivity contribution in [2.24, 2.45) is 17.3 Å². The molecule has 324 valence electrons. The number of aliphatic hydroxyl groups is 2. The number of alkyl halides is 1. The summed E-state index contributed by atoms with van der Waals surface area (Å²) in [7, 11) is 0. The number of aliphatic hydroxyl groups excluding tert-OH is 2. The van der Waals surface area contributed by atoms with Crippen molar-refractivity contribution in [1.82, 2.24) is 0 Å². The third-order valence-electron chi connectivity index (χ3n) is 12.6. The third kappa shape index (κ3) is 19.5. The van der Waals surface area contributed by atoms with Crippen molar-refractivity contribution in [2.45, 2.75) is 198 Å². The minimum absolute atomic E-state index is 0.00433. The topological polar surface area (TPSA) is 102 Å². The Bertz CT molecular complexity index is 1270. The van der Waals surface area contributed by atoms with Crippen LogP contribution in [-0.4, -0.2) is 59.6 Å². The lowest BCUT2D eigenvalue weighted by Crippen LogP contribution is -2.40. The number of rotatable bonds is 33. The van der Waals surface area contributed by atoms with Crippen molar-refractivity contribution >= 4 is 23.5 Å². The van der Waals surface area contributed by atoms with Gasteiger partial charge in [0.25, 0.3) is 0 Å². The van der Waals surface area contributed by atoms with Crippen molar-refractivity contribution in [3.8, 4) is 5.75 Å². The van der Waals surface area contributed by atoms with Gasteiger partial charge in [0.15, 0.2) is 0 Å². The summed E-state index contributed by atoms with van der Waals surface area (Å²) < 4.78 is 16.5. The van der Waals surface area contributed by atoms with E-state index in [9.17, 15) is 19.8 Å². The van der Waals surface area contributed by atoms with Crippen LogP contribution in [0.2, 0.25) is 0 Å². The average Bonchev–Trinajstić information content (AvgIpc) is 3.46. The van der Waals surface area contributed by atoms with Gasteiger partial charge < -0.3 is 24.4 Å². The molecule has 2 fully saturated rings. The second-order valence-electron chi connectivity index (χ2n) is 16.9. The van der Waals surface area contributed by atoms with E-state index in [0.29, 0.717) is 37.2 Å². The van der Waals surface area contributed by atoms with Gasteiger partial charge in [0.2, 0.25) is 0 Å². The lowest BCUT2D eigenvalue weighted by Gasteiger charge is -2.45. The lowest BCUT2D eigenvalue weighted by atomic mass is 9.63. The molecule has 0 aliphatic heterocycles. The number of carbonyl (C=O) groups is 2. The Morgan fingerprint density at radius 1 is 0.825 bits per heavy atom. The van der Waals surface area contributed by atoms with Crippen LogP contribution >= 0.6 is 11.6 Å². The molecule has 0 aromatic heterocycles. The highest BCUT2D eigenvalue weighted by Crippen LogP contribution is 2.48. The van der Waals surface area contributed by atoms with E-state index in [1.807, 2.05) is 12.1 Å². The second kappa shape index (κ2) is 29.8. The molecule has 57 heavy (non-hydrogen) atoms. The Kier molecular flexibility index (Phi) is 25.6. The third-order valence-corrected chi connectivity index (χ3v) is 13.1. The van der Waals surface area contributed by atoms with E-state index in [4.69, 9.17) is 25.8 Å². The molecule has 2 N–H and O–H groups in total. The average molecular weight is 816 g/mol. The van der Waals surface area contributed by atoms with Crippen LogP contribution in [0.15, 0.2) is 48.6 Å². The number of unbranched alkanes of at least 4 members (excludes halogenated alkanes) is 16. The summed E-state index contributed by atoms with van der Waals surface area (Å²) in [6, 6.07) is 7.05. The normalized spacial score (nSPS) is 20.9. The molecular formula is C49H79ClO7. The molecule has 5 atom stereocenters. The van der Waals surface area contributed by atoms with Crippen LogP contribution in [0.25, 0.3) is 0 Å². The zero-order valence-electron chi connectivity index (χ0n) is 35.8. The predicted molar refractivity (Wildman–Crippen MR) is 234 cm³/mol. The van der Waals surface area contributed by atoms with Gasteiger partial charge in [-0.15, -0.1) is 11.6 Å². The van der Waals surface area contributed by atoms with Crippen molar-refractivity contribution < 1.29 is 34.0 Å². The van der Waals surface area contributed by atoms with E-state index < -0.39 is 12.1 Å². The number of hydrogen-bond acceptors (Lipinski definition) is 7. The number of benzene rings is 1. The molecule has 2 aliphatic carbocycles. The number of ether oxygens (including phenoxy) is 3. The second-order valence-corrected chi connectivity index (χ2v) is 17.5. The fourth-order valence-electron chi connectivity index (χ4n) is 8.57. The molecule has 0 saturated heterocycles. The van der Waals surface area contributed by atoms with E-state index in [1.165, 1.54) is 96.3 Å². The largest absolute Gasteiger partial charge is 0.494 e. The first-order chi connectivity index (χ1) is 27.8. The predicted octanol–water partition coefficient (Wildman–Crippen LogP) is 12.6. The van der Waals surface area contributed by atoms with E-state index in [-0.39, 0.29) is 54.3 Å². The standard InChI is InChI=1S/C49H79ClO7/c1-3-5-6-7-8-9-10-11-12-13-14-15-16-17-20-23-35-55-41-28-24-27-40(38-41)48(54)57-37-36-56-47(53)32-22-19-18-21-29-42-43(45(51)39-44(42)50)30-25-31-46(52)49(4-2)33-26-34-49/h18,21,24-25,27-28,30,38,42-46,51-52H,3-17,19-20,22-23,26,29,31-37,39H2,1-2H3/b21-18-,30-25+/t42-,43+,44+,45-,46+/m1/s1. The SMILES string of the molecule is CCCCCCCCCCCCCCCCCCOc1cccc(C(=O)OCCOC(=O)CCC/C=C\C[C@@H]2[C@H](/C=C/C[C@H](O)C3(CC)CCC3)[C@H](O)C[C@@H]2Cl)c1. The van der Waals surface area contributed by atoms with Gasteiger partial charge >= 0.3 is 11.9 Å². The van der Waals surface area contributed by atoms with E-state index >= 15 is 0 Å². The van der Waals surface area contributed by atoms with Gasteiger partial charge in [0.1, 0.15) is 19.0 Å². The minimum Gasteiger partial charge on any atom is -0.494 e. The summed E-state index contributed by atoms with van der Waals surface area (Å²) in [5.41, 5.74) is 0.489. The maximum absolute atomic E-state index is 12.6. The molecule has 0 radical (unpaired) electrons. The molecule has 0 unspecified atom stereocenters. The highest BCUT2D eigenvalue weighted by atomic mass is 35.5. The lowest BCUT2D eigenvalue weighted by molar-refractivity contribution is -0.144. The summed E-state index contributed by atoms with van der Waals surface area (Å²) in [5, 5.41) is 21.3. The molecule has 8 heteroatoms. The van der Waals surface area contributed by atoms with E-state index in [1.54, 1.807) is 18.2 Å². The van der Waals surface area contributed by atoms with Crippen molar-refractivity contribution in [3.63, 3.8) is 0 Å². The zero-order chi connectivity index (χ0) is 41.0. The van der Waals surface area contributed by atoms with Gasteiger partial charge in [0.05, 0.1) is 24.4 Å². The summed E-state index contributed by atoms with van der Waals surface area (Å²) >= 11 is 6.63. The molecule has 7 nitrogen and oxygen atoms in total. The molecule has 0 heterocycles. The number of allylic oxidation sites excluding steroid dienone is 2. The summed E-state index contributed by atoms with van der Waals surface area (Å²) in [4.78, 5) is 24.8. The minimum atomic E-state index is -0.473. The number of hydrogen-bond donors (Lipinski definition) is 2. The monoisotopic (exact) mass is 815 g/mol. The summed E-state index contributed by atoms with van der Waals surface area (Å²) in [5.74, 6) is -0.0184. The molecular weight excluding hydrogens is 736 g/mol. The molecule has 1 aromatic rings. The summed E-state index contributed by atoms with van der Waals surface area (Å²) in [6.07, 6.45) is 36.8. The fourth-order valence-corrected chi connectivity index (χ4v) is 9.02. The Balaban J connectivity index is 1.16. The molecule has 0 amide bonds. The molecule has 3 rings (SSSR count). The van der Waals surface area contributed by atoms with Crippen LogP contribution < -0.4 is 4.74 Å². The molecule has 2 aliphatic rings. The van der Waals surface area contributed by atoms with Gasteiger partial charge in [-0.05, 0) is 87.3 Å². The molecule has 0 spiro atoms. The first kappa shape index (κ1) is 49.0. The van der Waals surface area contributed by atoms with Gasteiger partial charge in [-0.25, -0.2) is 4.79 Å². The Labute approximate surface area is 351 Å². The van der Waals surface area contributed by atoms with Crippen LogP contribution in [0.4, 0.5) is 0 Å². The first-order valence-corrected chi connectivity index (χ1v) is 23.6. The quantitative estimate of drug-likeness (QED) is 0.0315.